The smallest absolute Gasteiger partial charge is 0.296 e. The molecule has 0 unspecified atom stereocenters. The summed E-state index contributed by atoms with van der Waals surface area (Å²) in [6.45, 7) is 4.87. The Morgan fingerprint density at radius 1 is 1.14 bits per heavy atom. The molecule has 17 heteroatoms. The molecule has 1 aliphatic rings. The summed E-state index contributed by atoms with van der Waals surface area (Å²) in [5, 5.41) is 38.7. The highest BCUT2D eigenvalue weighted by Gasteiger charge is 2.24. The monoisotopic (exact) mass is 662 g/mol. The molecule has 4 rings (SSSR count). The molecule has 0 aliphatic heterocycles. The van der Waals surface area contributed by atoms with Gasteiger partial charge in [-0.3, -0.25) is 4.55 Å². The molecular weight excluding hydrogens is 633 g/mol. The van der Waals surface area contributed by atoms with Gasteiger partial charge >= 0.3 is 0 Å². The highest BCUT2D eigenvalue weighted by Crippen LogP contribution is 2.42. The van der Waals surface area contributed by atoms with Crippen LogP contribution in [0.1, 0.15) is 43.2 Å². The minimum absolute atomic E-state index is 0.0626. The minimum atomic E-state index is -4.86. The van der Waals surface area contributed by atoms with Crippen molar-refractivity contribution in [3.8, 4) is 6.07 Å². The van der Waals surface area contributed by atoms with Crippen LogP contribution >= 0.6 is 12.0 Å². The van der Waals surface area contributed by atoms with Gasteiger partial charge in [0.1, 0.15) is 28.2 Å². The first-order chi connectivity index (χ1) is 21.0. The number of rotatable bonds is 13. The molecule has 44 heavy (non-hydrogen) atoms. The van der Waals surface area contributed by atoms with Crippen molar-refractivity contribution in [2.75, 3.05) is 22.9 Å². The molecular formula is C27H30N6O8S3. The van der Waals surface area contributed by atoms with Gasteiger partial charge in [-0.1, -0.05) is 55.1 Å². The van der Waals surface area contributed by atoms with Gasteiger partial charge in [-0.25, -0.2) is 18.7 Å². The Balaban J connectivity index is 1.87. The fraction of sp³-hybridized carbons (Fsp3) is 0.333. The zero-order valence-electron chi connectivity index (χ0n) is 23.6. The number of fused-ring (bicyclic) bond motifs is 1. The summed E-state index contributed by atoms with van der Waals surface area (Å²) in [4.78, 5) is 4.16. The summed E-state index contributed by atoms with van der Waals surface area (Å²) in [7, 11) is -8.41. The summed E-state index contributed by atoms with van der Waals surface area (Å²) in [6, 6.07) is 9.80. The molecule has 234 valence electrons. The van der Waals surface area contributed by atoms with Gasteiger partial charge in [-0.2, -0.15) is 13.7 Å². The number of nitrogens with one attached hydrogen (secondary N) is 2. The third-order valence-corrected chi connectivity index (χ3v) is 9.83. The van der Waals surface area contributed by atoms with E-state index in [4.69, 9.17) is 5.26 Å². The van der Waals surface area contributed by atoms with Crippen LogP contribution in [0.4, 0.5) is 23.0 Å². The summed E-state index contributed by atoms with van der Waals surface area (Å²) < 4.78 is 63.6. The van der Waals surface area contributed by atoms with Crippen LogP contribution in [0.15, 0.2) is 62.3 Å². The zero-order chi connectivity index (χ0) is 31.9. The first-order valence-electron chi connectivity index (χ1n) is 13.4. The summed E-state index contributed by atoms with van der Waals surface area (Å²) in [6.07, 6.45) is 5.01. The predicted octanol–water partition coefficient (Wildman–Crippen LogP) is 6.22. The number of benzene rings is 2. The Morgan fingerprint density at radius 2 is 1.82 bits per heavy atom. The van der Waals surface area contributed by atoms with E-state index in [1.165, 1.54) is 0 Å². The maximum Gasteiger partial charge on any atom is 0.296 e. The first kappa shape index (κ1) is 33.3. The molecule has 2 aromatic carbocycles. The fourth-order valence-electron chi connectivity index (χ4n) is 4.84. The second-order valence-corrected chi connectivity index (χ2v) is 14.1. The molecule has 0 saturated heterocycles. The van der Waals surface area contributed by atoms with E-state index < -0.39 is 24.9 Å². The van der Waals surface area contributed by atoms with Gasteiger partial charge in [0.15, 0.2) is 15.7 Å². The van der Waals surface area contributed by atoms with E-state index in [1.807, 2.05) is 0 Å². The Hall–Kier alpha value is -3.63. The largest absolute Gasteiger partial charge is 0.367 e. The van der Waals surface area contributed by atoms with E-state index in [-0.39, 0.29) is 51.4 Å². The van der Waals surface area contributed by atoms with E-state index in [9.17, 15) is 26.7 Å². The van der Waals surface area contributed by atoms with Crippen molar-refractivity contribution in [3.05, 3.63) is 53.4 Å². The average Bonchev–Trinajstić information content (AvgIpc) is 3.00. The molecule has 4 N–H and O–H groups in total. The van der Waals surface area contributed by atoms with E-state index in [2.05, 4.69) is 47.9 Å². The summed E-state index contributed by atoms with van der Waals surface area (Å²) in [5.41, 5.74) is 0.394. The van der Waals surface area contributed by atoms with Gasteiger partial charge in [0.25, 0.3) is 10.1 Å². The van der Waals surface area contributed by atoms with Gasteiger partial charge < -0.3 is 10.6 Å². The Bertz CT molecular complexity index is 1840. The minimum Gasteiger partial charge on any atom is -0.367 e. The maximum atomic E-state index is 12.4. The quantitative estimate of drug-likeness (QED) is 0.0527. The summed E-state index contributed by atoms with van der Waals surface area (Å²) >= 11 is 0.503. The van der Waals surface area contributed by atoms with Crippen LogP contribution in [0.5, 0.6) is 0 Å². The standard InChI is InChI=1S/C27H30N6O8S3/c1-3-43(35,36)14-13-29-27-24(17(2)21(16-28)26(31-27)30-18-9-5-4-6-10-18)32-33-25-20-12-8-7-11-19(20)22(42-41-40-34)15-23(25)44(37,38)39/h3,7-8,11-12,15,18,34H,1,4-6,9-10,13-14H2,2H3,(H2,29,30,31)(H,37,38,39)/b33-32+. The lowest BCUT2D eigenvalue weighted by Crippen LogP contribution is -2.24. The van der Waals surface area contributed by atoms with Gasteiger partial charge in [-0.05, 0) is 31.2 Å². The van der Waals surface area contributed by atoms with Crippen molar-refractivity contribution in [3.63, 3.8) is 0 Å². The lowest BCUT2D eigenvalue weighted by atomic mass is 9.95. The number of hydrogen-bond acceptors (Lipinski definition) is 14. The molecule has 1 fully saturated rings. The van der Waals surface area contributed by atoms with Crippen LogP contribution in [-0.4, -0.2) is 50.0 Å². The van der Waals surface area contributed by atoms with E-state index in [0.29, 0.717) is 28.8 Å². The average molecular weight is 663 g/mol. The molecule has 0 amide bonds. The van der Waals surface area contributed by atoms with Crippen molar-refractivity contribution < 1.29 is 36.0 Å². The third-order valence-electron chi connectivity index (χ3n) is 7.03. The topological polar surface area (TPSA) is 213 Å². The number of nitrogens with zero attached hydrogens (tertiary/aromatic N) is 4. The number of sulfone groups is 1. The highest BCUT2D eigenvalue weighted by atomic mass is 32.2. The third kappa shape index (κ3) is 7.90. The van der Waals surface area contributed by atoms with Crippen molar-refractivity contribution >= 4 is 65.8 Å². The fourth-order valence-corrected chi connectivity index (χ4v) is 6.67. The zero-order valence-corrected chi connectivity index (χ0v) is 26.0. The highest BCUT2D eigenvalue weighted by molar-refractivity contribution is 7.95. The lowest BCUT2D eigenvalue weighted by molar-refractivity contribution is -0.432. The molecule has 0 radical (unpaired) electrons. The number of azo groups is 1. The number of aromatic nitrogens is 1. The second kappa shape index (κ2) is 14.4. The molecule has 14 nitrogen and oxygen atoms in total. The van der Waals surface area contributed by atoms with Crippen molar-refractivity contribution in [1.29, 1.82) is 5.26 Å². The van der Waals surface area contributed by atoms with Gasteiger partial charge in [0.2, 0.25) is 0 Å². The van der Waals surface area contributed by atoms with Gasteiger partial charge in [0, 0.05) is 33.8 Å². The van der Waals surface area contributed by atoms with Crippen LogP contribution in [0, 0.1) is 18.3 Å². The Morgan fingerprint density at radius 3 is 2.45 bits per heavy atom. The van der Waals surface area contributed by atoms with Crippen molar-refractivity contribution in [2.45, 2.75) is 54.9 Å². The van der Waals surface area contributed by atoms with Crippen LogP contribution in [-0.2, 0) is 29.3 Å². The number of hydrogen-bond donors (Lipinski definition) is 4. The Kier molecular flexibility index (Phi) is 10.9. The lowest BCUT2D eigenvalue weighted by Gasteiger charge is -2.25. The van der Waals surface area contributed by atoms with Crippen LogP contribution in [0.25, 0.3) is 10.8 Å². The molecule has 0 spiro atoms. The van der Waals surface area contributed by atoms with Crippen LogP contribution < -0.4 is 10.6 Å². The van der Waals surface area contributed by atoms with Crippen LogP contribution in [0.3, 0.4) is 0 Å². The molecule has 1 aromatic heterocycles. The van der Waals surface area contributed by atoms with Gasteiger partial charge in [0.05, 0.1) is 23.4 Å². The number of anilines is 2. The summed E-state index contributed by atoms with van der Waals surface area (Å²) in [5.74, 6) is 0.123. The van der Waals surface area contributed by atoms with E-state index in [0.717, 1.165) is 43.6 Å². The second-order valence-electron chi connectivity index (χ2n) is 9.88. The van der Waals surface area contributed by atoms with E-state index in [1.54, 1.807) is 31.2 Å². The maximum absolute atomic E-state index is 12.4. The normalized spacial score (nSPS) is 14.5. The molecule has 0 bridgehead atoms. The van der Waals surface area contributed by atoms with Gasteiger partial charge in [-0.15, -0.1) is 14.6 Å². The van der Waals surface area contributed by atoms with Crippen molar-refractivity contribution in [2.24, 2.45) is 10.2 Å². The Labute approximate surface area is 258 Å². The molecule has 1 heterocycles. The van der Waals surface area contributed by atoms with Crippen molar-refractivity contribution in [1.82, 2.24) is 4.98 Å². The number of nitriles is 1. The molecule has 0 atom stereocenters. The van der Waals surface area contributed by atoms with Crippen LogP contribution in [0.2, 0.25) is 0 Å². The number of pyridine rings is 1. The predicted molar refractivity (Wildman–Crippen MR) is 165 cm³/mol. The first-order valence-corrected chi connectivity index (χ1v) is 17.3. The molecule has 3 aromatic rings. The molecule has 1 aliphatic carbocycles. The molecule has 1 saturated carbocycles. The SMILES string of the molecule is C=CS(=O)(=O)CCNc1nc(NC2CCCCC2)c(C#N)c(C)c1/N=N/c1c(S(=O)(=O)O)cc(SOOO)c2ccccc12. The van der Waals surface area contributed by atoms with E-state index >= 15 is 0 Å².